The normalized spacial score (nSPS) is 28.5. The van der Waals surface area contributed by atoms with Gasteiger partial charge in [0.05, 0.1) is 24.1 Å². The maximum atomic E-state index is 15.2. The van der Waals surface area contributed by atoms with Gasteiger partial charge in [-0.05, 0) is 68.0 Å². The lowest BCUT2D eigenvalue weighted by atomic mass is 9.56. The maximum absolute atomic E-state index is 15.2. The minimum absolute atomic E-state index is 0.0458. The fraction of sp³-hybridized carbons (Fsp3) is 0.314. The van der Waals surface area contributed by atoms with Crippen LogP contribution in [0.4, 0.5) is 33.3 Å². The first-order valence-electron chi connectivity index (χ1n) is 15.6. The average Bonchev–Trinajstić information content (AvgIpc) is 3.43. The number of rotatable bonds is 5. The molecule has 0 aromatic heterocycles. The number of hydrogen-bond acceptors (Lipinski definition) is 6. The Morgan fingerprint density at radius 3 is 2.14 bits per heavy atom. The average molecular weight is 770 g/mol. The van der Waals surface area contributed by atoms with E-state index >= 15 is 8.78 Å². The molecule has 0 spiro atoms. The van der Waals surface area contributed by atoms with Gasteiger partial charge >= 0.3 is 0 Å². The van der Waals surface area contributed by atoms with Crippen molar-refractivity contribution in [1.29, 1.82) is 0 Å². The Kier molecular flexibility index (Phi) is 8.23. The summed E-state index contributed by atoms with van der Waals surface area (Å²) in [6.45, 7) is 3.42. The largest absolute Gasteiger partial charge is 0.504 e. The predicted molar refractivity (Wildman–Crippen MR) is 174 cm³/mol. The van der Waals surface area contributed by atoms with E-state index < -0.39 is 98.2 Å². The van der Waals surface area contributed by atoms with Gasteiger partial charge in [-0.15, -0.1) is 23.2 Å². The van der Waals surface area contributed by atoms with Crippen LogP contribution in [0.25, 0.3) is 0 Å². The molecule has 8 nitrogen and oxygen atoms in total. The number of carbonyl (C=O) groups excluding carboxylic acids is 4. The van der Waals surface area contributed by atoms with Crippen molar-refractivity contribution in [3.63, 3.8) is 0 Å². The number of phenols is 1. The van der Waals surface area contributed by atoms with Gasteiger partial charge in [-0.25, -0.2) is 31.8 Å². The lowest BCUT2D eigenvalue weighted by molar-refractivity contribution is -0.125. The molecule has 3 aromatic carbocycles. The number of aromatic hydroxyl groups is 1. The summed E-state index contributed by atoms with van der Waals surface area (Å²) in [6.07, 6.45) is 0.867. The maximum Gasteiger partial charge on any atom is 0.258 e. The van der Waals surface area contributed by atoms with Crippen LogP contribution in [0, 0.1) is 53.8 Å². The molecule has 1 saturated carbocycles. The predicted octanol–water partition coefficient (Wildman–Crippen LogP) is 7.22. The molecule has 0 bridgehead atoms. The van der Waals surface area contributed by atoms with Gasteiger partial charge in [-0.3, -0.25) is 19.2 Å². The molecule has 6 unspecified atom stereocenters. The van der Waals surface area contributed by atoms with Gasteiger partial charge in [0.15, 0.2) is 44.5 Å². The highest BCUT2D eigenvalue weighted by atomic mass is 35.5. The first-order valence-corrected chi connectivity index (χ1v) is 16.7. The first kappa shape index (κ1) is 35.2. The molecule has 4 amide bonds. The molecule has 3 aromatic rings. The van der Waals surface area contributed by atoms with Gasteiger partial charge in [-0.2, -0.15) is 0 Å². The fourth-order valence-corrected chi connectivity index (χ4v) is 9.01. The second kappa shape index (κ2) is 11.9. The second-order valence-corrected chi connectivity index (χ2v) is 14.4. The molecule has 51 heavy (non-hydrogen) atoms. The molecular formula is C35H24Cl3F5N2O6. The number of halogens is 8. The topological polar surface area (TPSA) is 104 Å². The number of imide groups is 2. The van der Waals surface area contributed by atoms with Crippen LogP contribution in [0.5, 0.6) is 11.5 Å². The van der Waals surface area contributed by atoms with E-state index in [1.807, 2.05) is 0 Å². The molecule has 2 aliphatic carbocycles. The summed E-state index contributed by atoms with van der Waals surface area (Å²) >= 11 is 20.6. The SMILES string of the molecule is CCOc1cc(C2C3=CCC4C(=O)N(c5ccc(C)c(Cl)c5)C(=O)C4C3CC3(Cl)C(=O)N(c4c(F)c(F)c(F)c(F)c4F)C(=O)C23Cl)ccc1O. The standard InChI is InChI=1S/C35H24Cl3F5N2O6/c1-3-51-21-10-14(5-9-20(21)46)23-16-7-8-17-22(31(48)44(30(17)47)15-6-4-13(2)19(36)11-15)18(16)12-34(37)32(49)45(33(50)35(23,34)38)29-27(42)25(40)24(39)26(41)28(29)43/h4-7,9-11,17-18,22-23,46H,3,8,12H2,1-2H3. The third-order valence-corrected chi connectivity index (χ3v) is 12.1. The van der Waals surface area contributed by atoms with Gasteiger partial charge in [0.2, 0.25) is 17.6 Å². The van der Waals surface area contributed by atoms with E-state index in [1.165, 1.54) is 30.3 Å². The van der Waals surface area contributed by atoms with Crippen LogP contribution in [0.3, 0.4) is 0 Å². The quantitative estimate of drug-likeness (QED) is 0.0735. The van der Waals surface area contributed by atoms with Crippen molar-refractivity contribution in [2.24, 2.45) is 17.8 Å². The number of anilines is 2. The molecule has 266 valence electrons. The van der Waals surface area contributed by atoms with E-state index in [-0.39, 0.29) is 51.3 Å². The number of phenolic OH excluding ortho intramolecular Hbond substituents is 1. The molecule has 4 aliphatic rings. The highest BCUT2D eigenvalue weighted by Crippen LogP contribution is 2.66. The van der Waals surface area contributed by atoms with E-state index in [1.54, 1.807) is 26.0 Å². The number of amides is 4. The molecule has 2 saturated heterocycles. The van der Waals surface area contributed by atoms with E-state index in [0.717, 1.165) is 4.90 Å². The first-order chi connectivity index (χ1) is 24.0. The summed E-state index contributed by atoms with van der Waals surface area (Å²) < 4.78 is 79.0. The molecule has 1 N–H and O–H groups in total. The molecule has 6 atom stereocenters. The molecule has 2 heterocycles. The summed E-state index contributed by atoms with van der Waals surface area (Å²) in [5.41, 5.74) is -0.673. The molecule has 3 fully saturated rings. The summed E-state index contributed by atoms with van der Waals surface area (Å²) in [5, 5.41) is 10.8. The van der Waals surface area contributed by atoms with Crippen LogP contribution in [0.2, 0.25) is 5.02 Å². The summed E-state index contributed by atoms with van der Waals surface area (Å²) in [7, 11) is 0. The van der Waals surface area contributed by atoms with Crippen LogP contribution >= 0.6 is 34.8 Å². The fourth-order valence-electron chi connectivity index (χ4n) is 7.90. The van der Waals surface area contributed by atoms with Gasteiger partial charge < -0.3 is 9.84 Å². The van der Waals surface area contributed by atoms with Crippen LogP contribution in [0.15, 0.2) is 48.0 Å². The third-order valence-electron chi connectivity index (χ3n) is 10.3. The molecule has 2 aliphatic heterocycles. The number of nitrogens with zero attached hydrogens (tertiary/aromatic N) is 2. The number of allylic oxidation sites excluding steroid dienone is 2. The zero-order valence-corrected chi connectivity index (χ0v) is 28.6. The van der Waals surface area contributed by atoms with Crippen molar-refractivity contribution in [3.8, 4) is 11.5 Å². The second-order valence-electron chi connectivity index (χ2n) is 12.8. The Labute approximate surface area is 301 Å². The minimum Gasteiger partial charge on any atom is -0.504 e. The Hall–Kier alpha value is -4.20. The van der Waals surface area contributed by atoms with Crippen LogP contribution < -0.4 is 14.5 Å². The molecule has 16 heteroatoms. The molecule has 7 rings (SSSR count). The van der Waals surface area contributed by atoms with Crippen LogP contribution in [-0.2, 0) is 19.2 Å². The lowest BCUT2D eigenvalue weighted by Gasteiger charge is -2.50. The van der Waals surface area contributed by atoms with Crippen LogP contribution in [0.1, 0.15) is 36.8 Å². The van der Waals surface area contributed by atoms with Crippen molar-refractivity contribution in [3.05, 3.63) is 93.3 Å². The zero-order chi connectivity index (χ0) is 37.1. The Morgan fingerprint density at radius 2 is 1.51 bits per heavy atom. The van der Waals surface area contributed by atoms with Gasteiger partial charge in [0, 0.05) is 10.9 Å². The number of hydrogen-bond donors (Lipinski definition) is 1. The van der Waals surface area contributed by atoms with Crippen molar-refractivity contribution < 1.29 is 51.0 Å². The smallest absolute Gasteiger partial charge is 0.258 e. The van der Waals surface area contributed by atoms with E-state index in [0.29, 0.717) is 5.56 Å². The van der Waals surface area contributed by atoms with Crippen LogP contribution in [-0.4, -0.2) is 45.1 Å². The monoisotopic (exact) mass is 768 g/mol. The van der Waals surface area contributed by atoms with Crippen molar-refractivity contribution in [2.75, 3.05) is 16.4 Å². The Bertz CT molecular complexity index is 2120. The zero-order valence-electron chi connectivity index (χ0n) is 26.4. The Balaban J connectivity index is 1.44. The number of benzene rings is 3. The van der Waals surface area contributed by atoms with Gasteiger partial charge in [0.25, 0.3) is 11.8 Å². The summed E-state index contributed by atoms with van der Waals surface area (Å²) in [6, 6.07) is 8.41. The van der Waals surface area contributed by atoms with Crippen molar-refractivity contribution in [1.82, 2.24) is 0 Å². The summed E-state index contributed by atoms with van der Waals surface area (Å²) in [4.78, 5) is 52.2. The molecule has 0 radical (unpaired) electrons. The van der Waals surface area contributed by atoms with Crippen molar-refractivity contribution in [2.45, 2.75) is 42.4 Å². The molecular weight excluding hydrogens is 746 g/mol. The number of fused-ring (bicyclic) bond motifs is 4. The highest BCUT2D eigenvalue weighted by molar-refractivity contribution is 6.58. The van der Waals surface area contributed by atoms with Gasteiger partial charge in [-0.1, -0.05) is 35.4 Å². The van der Waals surface area contributed by atoms with E-state index in [2.05, 4.69) is 0 Å². The lowest BCUT2D eigenvalue weighted by Crippen LogP contribution is -2.60. The highest BCUT2D eigenvalue weighted by Gasteiger charge is 2.77. The minimum atomic E-state index is -2.71. The number of alkyl halides is 2. The Morgan fingerprint density at radius 1 is 0.863 bits per heavy atom. The van der Waals surface area contributed by atoms with Gasteiger partial charge in [0.1, 0.15) is 5.69 Å². The number of carbonyl (C=O) groups is 4. The van der Waals surface area contributed by atoms with E-state index in [4.69, 9.17) is 39.5 Å². The van der Waals surface area contributed by atoms with Crippen molar-refractivity contribution >= 4 is 69.8 Å². The number of ether oxygens (including phenoxy) is 1. The third kappa shape index (κ3) is 4.63. The summed E-state index contributed by atoms with van der Waals surface area (Å²) in [5.74, 6) is -22.0. The number of aryl methyl sites for hydroxylation is 1. The van der Waals surface area contributed by atoms with E-state index in [9.17, 15) is 37.5 Å².